The largest absolute Gasteiger partial charge is 0.496 e. The molecule has 142 valence electrons. The van der Waals surface area contributed by atoms with Crippen LogP contribution in [0.4, 0.5) is 0 Å². The van der Waals surface area contributed by atoms with E-state index in [2.05, 4.69) is 10.0 Å². The quantitative estimate of drug-likeness (QED) is 0.585. The van der Waals surface area contributed by atoms with Crippen LogP contribution in [0.5, 0.6) is 5.75 Å². The Kier molecular flexibility index (Phi) is 8.14. The first-order chi connectivity index (χ1) is 11.4. The molecule has 25 heavy (non-hydrogen) atoms. The third-order valence-corrected chi connectivity index (χ3v) is 5.52. The highest BCUT2D eigenvalue weighted by molar-refractivity contribution is 7.89. The van der Waals surface area contributed by atoms with Gasteiger partial charge < -0.3 is 15.8 Å². The molecule has 1 aliphatic rings. The van der Waals surface area contributed by atoms with Crippen molar-refractivity contribution < 1.29 is 17.9 Å². The number of ether oxygens (including phenoxy) is 1. The lowest BCUT2D eigenvalue weighted by molar-refractivity contribution is -0.120. The van der Waals surface area contributed by atoms with E-state index in [9.17, 15) is 13.2 Å². The topological polar surface area (TPSA) is 111 Å². The molecule has 0 aliphatic heterocycles. The molecule has 7 nitrogen and oxygen atoms in total. The van der Waals surface area contributed by atoms with Gasteiger partial charge in [-0.05, 0) is 37.0 Å². The number of nitrogens with one attached hydrogen (secondary N) is 2. The zero-order chi connectivity index (χ0) is 17.7. The van der Waals surface area contributed by atoms with Crippen molar-refractivity contribution in [2.24, 2.45) is 11.7 Å². The highest BCUT2D eigenvalue weighted by Crippen LogP contribution is 2.31. The van der Waals surface area contributed by atoms with Gasteiger partial charge in [-0.25, -0.2) is 13.1 Å². The molecule has 1 saturated carbocycles. The smallest absolute Gasteiger partial charge is 0.240 e. The second kappa shape index (κ2) is 9.38. The van der Waals surface area contributed by atoms with Crippen LogP contribution in [0.25, 0.3) is 0 Å². The number of methoxy groups -OCH3 is 1. The van der Waals surface area contributed by atoms with Gasteiger partial charge in [-0.15, -0.1) is 12.4 Å². The van der Waals surface area contributed by atoms with Crippen molar-refractivity contribution in [3.8, 4) is 5.75 Å². The molecule has 0 radical (unpaired) electrons. The maximum Gasteiger partial charge on any atom is 0.240 e. The summed E-state index contributed by atoms with van der Waals surface area (Å²) < 4.78 is 32.6. The Morgan fingerprint density at radius 3 is 2.64 bits per heavy atom. The summed E-state index contributed by atoms with van der Waals surface area (Å²) in [5.41, 5.74) is 6.55. The standard InChI is InChI=1S/C16H25N3O4S.ClH/c1-3-16(20)18-9-12-8-13(6-7-15(12)23-2)24(21,22)19-10-14(17)11-4-5-11;/h6-8,11,14,19H,3-5,9-10,17H2,1-2H3,(H,18,20);1H. The van der Waals surface area contributed by atoms with Crippen molar-refractivity contribution in [3.63, 3.8) is 0 Å². The maximum absolute atomic E-state index is 12.4. The summed E-state index contributed by atoms with van der Waals surface area (Å²) >= 11 is 0. The fraction of sp³-hybridized carbons (Fsp3) is 0.562. The number of carbonyl (C=O) groups is 1. The SMILES string of the molecule is CCC(=O)NCc1cc(S(=O)(=O)NCC(N)C2CC2)ccc1OC.Cl. The lowest BCUT2D eigenvalue weighted by atomic mass is 10.2. The fourth-order valence-corrected chi connectivity index (χ4v) is 3.48. The number of hydrogen-bond donors (Lipinski definition) is 3. The summed E-state index contributed by atoms with van der Waals surface area (Å²) in [5.74, 6) is 0.835. The van der Waals surface area contributed by atoms with Crippen LogP contribution < -0.4 is 20.5 Å². The van der Waals surface area contributed by atoms with Gasteiger partial charge in [0.25, 0.3) is 0 Å². The molecule has 1 aromatic carbocycles. The van der Waals surface area contributed by atoms with E-state index in [0.717, 1.165) is 12.8 Å². The molecule has 0 saturated heterocycles. The molecule has 1 atom stereocenters. The molecule has 0 bridgehead atoms. The summed E-state index contributed by atoms with van der Waals surface area (Å²) in [5, 5.41) is 2.72. The van der Waals surface area contributed by atoms with Gasteiger partial charge in [-0.3, -0.25) is 4.79 Å². The van der Waals surface area contributed by atoms with Gasteiger partial charge in [0.15, 0.2) is 0 Å². The predicted molar refractivity (Wildman–Crippen MR) is 98.3 cm³/mol. The lowest BCUT2D eigenvalue weighted by Crippen LogP contribution is -2.38. The van der Waals surface area contributed by atoms with Crippen LogP contribution in [0.1, 0.15) is 31.7 Å². The van der Waals surface area contributed by atoms with E-state index < -0.39 is 10.0 Å². The number of halogens is 1. The van der Waals surface area contributed by atoms with Crippen molar-refractivity contribution in [3.05, 3.63) is 23.8 Å². The second-order valence-electron chi connectivity index (χ2n) is 5.96. The van der Waals surface area contributed by atoms with Crippen LogP contribution in [0.2, 0.25) is 0 Å². The van der Waals surface area contributed by atoms with Crippen LogP contribution in [-0.4, -0.2) is 34.0 Å². The highest BCUT2D eigenvalue weighted by Gasteiger charge is 2.29. The van der Waals surface area contributed by atoms with E-state index in [1.807, 2.05) is 0 Å². The monoisotopic (exact) mass is 391 g/mol. The third-order valence-electron chi connectivity index (χ3n) is 4.10. The van der Waals surface area contributed by atoms with E-state index >= 15 is 0 Å². The molecule has 4 N–H and O–H groups in total. The molecule has 1 aromatic rings. The molecule has 0 aromatic heterocycles. The van der Waals surface area contributed by atoms with Crippen molar-refractivity contribution in [2.75, 3.05) is 13.7 Å². The lowest BCUT2D eigenvalue weighted by Gasteiger charge is -2.14. The van der Waals surface area contributed by atoms with Gasteiger partial charge in [-0.1, -0.05) is 6.92 Å². The first-order valence-corrected chi connectivity index (χ1v) is 9.54. The number of amides is 1. The molecule has 1 aliphatic carbocycles. The van der Waals surface area contributed by atoms with Gasteiger partial charge in [0.2, 0.25) is 15.9 Å². The fourth-order valence-electron chi connectivity index (χ4n) is 2.36. The van der Waals surface area contributed by atoms with Gasteiger partial charge in [0, 0.05) is 31.1 Å². The van der Waals surface area contributed by atoms with Gasteiger partial charge in [0.05, 0.1) is 12.0 Å². The number of nitrogens with two attached hydrogens (primary N) is 1. The number of benzene rings is 1. The highest BCUT2D eigenvalue weighted by atomic mass is 35.5. The molecular formula is C16H26ClN3O4S. The van der Waals surface area contributed by atoms with Gasteiger partial charge >= 0.3 is 0 Å². The average molecular weight is 392 g/mol. The first kappa shape index (κ1) is 21.7. The average Bonchev–Trinajstić information content (AvgIpc) is 3.42. The number of rotatable bonds is 9. The summed E-state index contributed by atoms with van der Waals surface area (Å²) in [6.07, 6.45) is 2.49. The summed E-state index contributed by atoms with van der Waals surface area (Å²) in [7, 11) is -2.15. The Morgan fingerprint density at radius 1 is 1.40 bits per heavy atom. The Hall–Kier alpha value is -1.35. The van der Waals surface area contributed by atoms with Crippen LogP contribution in [0.15, 0.2) is 23.1 Å². The molecule has 1 amide bonds. The minimum absolute atomic E-state index is 0. The second-order valence-corrected chi connectivity index (χ2v) is 7.72. The third kappa shape index (κ3) is 6.14. The molecule has 0 spiro atoms. The van der Waals surface area contributed by atoms with E-state index in [4.69, 9.17) is 10.5 Å². The van der Waals surface area contributed by atoms with Crippen LogP contribution in [0, 0.1) is 5.92 Å². The minimum atomic E-state index is -3.65. The van der Waals surface area contributed by atoms with Crippen LogP contribution >= 0.6 is 12.4 Å². The van der Waals surface area contributed by atoms with E-state index in [-0.39, 0.29) is 42.3 Å². The van der Waals surface area contributed by atoms with Crippen LogP contribution in [0.3, 0.4) is 0 Å². The Morgan fingerprint density at radius 2 is 2.08 bits per heavy atom. The predicted octanol–water partition coefficient (Wildman–Crippen LogP) is 1.16. The number of hydrogen-bond acceptors (Lipinski definition) is 5. The van der Waals surface area contributed by atoms with Gasteiger partial charge in [0.1, 0.15) is 5.75 Å². The zero-order valence-corrected chi connectivity index (χ0v) is 16.1. The van der Waals surface area contributed by atoms with Crippen molar-refractivity contribution in [2.45, 2.75) is 43.7 Å². The molecule has 2 rings (SSSR count). The zero-order valence-electron chi connectivity index (χ0n) is 14.4. The van der Waals surface area contributed by atoms with E-state index in [1.165, 1.54) is 19.2 Å². The summed E-state index contributed by atoms with van der Waals surface area (Å²) in [6.45, 7) is 2.18. The molecule has 0 heterocycles. The maximum atomic E-state index is 12.4. The number of carbonyl (C=O) groups excluding carboxylic acids is 1. The van der Waals surface area contributed by atoms with Crippen LogP contribution in [-0.2, 0) is 21.4 Å². The molecule has 1 fully saturated rings. The normalized spacial score (nSPS) is 15.2. The molecular weight excluding hydrogens is 366 g/mol. The van der Waals surface area contributed by atoms with Crippen molar-refractivity contribution in [1.82, 2.24) is 10.0 Å². The summed E-state index contributed by atoms with van der Waals surface area (Å²) in [4.78, 5) is 11.5. The Bertz CT molecular complexity index is 693. The van der Waals surface area contributed by atoms with Crippen molar-refractivity contribution >= 4 is 28.3 Å². The molecule has 1 unspecified atom stereocenters. The summed E-state index contributed by atoms with van der Waals surface area (Å²) in [6, 6.07) is 4.43. The van der Waals surface area contributed by atoms with Crippen molar-refractivity contribution in [1.29, 1.82) is 0 Å². The number of sulfonamides is 1. The van der Waals surface area contributed by atoms with E-state index in [1.54, 1.807) is 13.0 Å². The Balaban J connectivity index is 0.00000312. The van der Waals surface area contributed by atoms with E-state index in [0.29, 0.717) is 23.7 Å². The molecule has 9 heteroatoms. The minimum Gasteiger partial charge on any atom is -0.496 e. The first-order valence-electron chi connectivity index (χ1n) is 8.06. The Labute approximate surface area is 155 Å². The van der Waals surface area contributed by atoms with Gasteiger partial charge in [-0.2, -0.15) is 0 Å².